The molecule has 100 valence electrons. The highest BCUT2D eigenvalue weighted by Gasteiger charge is 2.23. The van der Waals surface area contributed by atoms with E-state index in [9.17, 15) is 9.90 Å². The third kappa shape index (κ3) is 2.19. The van der Waals surface area contributed by atoms with Gasteiger partial charge in [-0.3, -0.25) is 0 Å². The molecular formula is C13H15N3O3. The van der Waals surface area contributed by atoms with Crippen LogP contribution in [0, 0.1) is 0 Å². The molecule has 1 fully saturated rings. The summed E-state index contributed by atoms with van der Waals surface area (Å²) in [7, 11) is 0. The first kappa shape index (κ1) is 12.1. The van der Waals surface area contributed by atoms with Gasteiger partial charge in [0, 0.05) is 0 Å². The molecule has 2 N–H and O–H groups in total. The molecule has 1 aliphatic carbocycles. The van der Waals surface area contributed by atoms with E-state index in [0.717, 1.165) is 31.2 Å². The van der Waals surface area contributed by atoms with E-state index >= 15 is 0 Å². The Balaban J connectivity index is 1.99. The van der Waals surface area contributed by atoms with Crippen LogP contribution in [0.1, 0.15) is 42.1 Å². The summed E-state index contributed by atoms with van der Waals surface area (Å²) >= 11 is 0. The van der Waals surface area contributed by atoms with E-state index < -0.39 is 5.97 Å². The minimum atomic E-state index is -0.950. The highest BCUT2D eigenvalue weighted by atomic mass is 16.4. The number of nitrogens with zero attached hydrogens (tertiary/aromatic N) is 3. The van der Waals surface area contributed by atoms with Crippen LogP contribution >= 0.6 is 0 Å². The number of aromatic carboxylic acids is 1. The van der Waals surface area contributed by atoms with E-state index in [0.29, 0.717) is 5.52 Å². The lowest BCUT2D eigenvalue weighted by Crippen LogP contribution is -2.21. The molecule has 1 heterocycles. The number of carboxylic acids is 1. The number of carboxylic acid groups (broad SMARTS) is 1. The standard InChI is InChI=1S/C13H15N3O3/c17-10-4-2-9(3-5-10)16-12-7-8(13(18)19)1-6-11(12)14-15-16/h1,6-7,9-10,17H,2-5H2,(H,18,19). The van der Waals surface area contributed by atoms with Gasteiger partial charge in [0.05, 0.1) is 23.2 Å². The lowest BCUT2D eigenvalue weighted by molar-refractivity contribution is 0.0697. The van der Waals surface area contributed by atoms with Gasteiger partial charge in [-0.1, -0.05) is 5.21 Å². The van der Waals surface area contributed by atoms with Gasteiger partial charge in [-0.05, 0) is 43.9 Å². The normalized spacial score (nSPS) is 23.6. The second-order valence-corrected chi connectivity index (χ2v) is 5.01. The molecule has 1 aromatic heterocycles. The van der Waals surface area contributed by atoms with Crippen LogP contribution in [0.3, 0.4) is 0 Å². The first-order chi connectivity index (χ1) is 9.15. The number of hydrogen-bond donors (Lipinski definition) is 2. The molecule has 2 aromatic rings. The lowest BCUT2D eigenvalue weighted by atomic mass is 9.93. The summed E-state index contributed by atoms with van der Waals surface area (Å²) < 4.78 is 1.80. The van der Waals surface area contributed by atoms with Crippen molar-refractivity contribution in [3.63, 3.8) is 0 Å². The molecule has 3 rings (SSSR count). The molecule has 6 nitrogen and oxygen atoms in total. The van der Waals surface area contributed by atoms with Crippen LogP contribution in [0.2, 0.25) is 0 Å². The molecule has 19 heavy (non-hydrogen) atoms. The smallest absolute Gasteiger partial charge is 0.335 e. The van der Waals surface area contributed by atoms with Crippen molar-refractivity contribution < 1.29 is 15.0 Å². The van der Waals surface area contributed by atoms with Crippen LogP contribution in [-0.2, 0) is 0 Å². The monoisotopic (exact) mass is 261 g/mol. The van der Waals surface area contributed by atoms with E-state index in [1.54, 1.807) is 16.8 Å². The zero-order valence-electron chi connectivity index (χ0n) is 10.4. The maximum absolute atomic E-state index is 11.0. The Labute approximate surface area is 109 Å². The Hall–Kier alpha value is -1.95. The molecule has 0 spiro atoms. The summed E-state index contributed by atoms with van der Waals surface area (Å²) in [6.45, 7) is 0. The Kier molecular flexibility index (Phi) is 2.94. The van der Waals surface area contributed by atoms with Gasteiger partial charge in [-0.15, -0.1) is 5.10 Å². The largest absolute Gasteiger partial charge is 0.478 e. The zero-order valence-corrected chi connectivity index (χ0v) is 10.4. The molecule has 0 aliphatic heterocycles. The summed E-state index contributed by atoms with van der Waals surface area (Å²) in [4.78, 5) is 11.0. The number of benzene rings is 1. The molecule has 1 aliphatic rings. The third-order valence-electron chi connectivity index (χ3n) is 3.73. The predicted octanol–water partition coefficient (Wildman–Crippen LogP) is 1.61. The average molecular weight is 261 g/mol. The molecule has 6 heteroatoms. The summed E-state index contributed by atoms with van der Waals surface area (Å²) in [5.74, 6) is -0.950. The third-order valence-corrected chi connectivity index (χ3v) is 3.73. The van der Waals surface area contributed by atoms with Gasteiger partial charge in [0.25, 0.3) is 0 Å². The van der Waals surface area contributed by atoms with Gasteiger partial charge in [0.1, 0.15) is 5.52 Å². The second-order valence-electron chi connectivity index (χ2n) is 5.01. The molecule has 0 amide bonds. The summed E-state index contributed by atoms with van der Waals surface area (Å²) in [6.07, 6.45) is 2.98. The van der Waals surface area contributed by atoms with Gasteiger partial charge >= 0.3 is 5.97 Å². The van der Waals surface area contributed by atoms with Gasteiger partial charge in [-0.25, -0.2) is 9.48 Å². The number of fused-ring (bicyclic) bond motifs is 1. The minimum absolute atomic E-state index is 0.192. The van der Waals surface area contributed by atoms with Gasteiger partial charge in [0.15, 0.2) is 0 Å². The first-order valence-corrected chi connectivity index (χ1v) is 6.41. The Morgan fingerprint density at radius 3 is 2.68 bits per heavy atom. The predicted molar refractivity (Wildman–Crippen MR) is 68.0 cm³/mol. The Morgan fingerprint density at radius 1 is 1.26 bits per heavy atom. The van der Waals surface area contributed by atoms with Crippen LogP contribution in [-0.4, -0.2) is 37.3 Å². The van der Waals surface area contributed by atoms with Crippen molar-refractivity contribution in [2.45, 2.75) is 37.8 Å². The number of carbonyl (C=O) groups is 1. The molecule has 0 radical (unpaired) electrons. The molecule has 0 saturated heterocycles. The summed E-state index contributed by atoms with van der Waals surface area (Å²) in [5, 5.41) is 26.8. The van der Waals surface area contributed by atoms with Crippen molar-refractivity contribution in [2.75, 3.05) is 0 Å². The van der Waals surface area contributed by atoms with E-state index in [1.807, 2.05) is 0 Å². The molecule has 0 atom stereocenters. The van der Waals surface area contributed by atoms with E-state index in [4.69, 9.17) is 5.11 Å². The quantitative estimate of drug-likeness (QED) is 0.857. The fraction of sp³-hybridized carbons (Fsp3) is 0.462. The Morgan fingerprint density at radius 2 is 2.00 bits per heavy atom. The SMILES string of the molecule is O=C(O)c1ccc2nnn(C3CCC(O)CC3)c2c1. The average Bonchev–Trinajstić information content (AvgIpc) is 2.82. The maximum atomic E-state index is 11.0. The molecule has 0 bridgehead atoms. The minimum Gasteiger partial charge on any atom is -0.478 e. The van der Waals surface area contributed by atoms with Crippen molar-refractivity contribution in [3.05, 3.63) is 23.8 Å². The summed E-state index contributed by atoms with van der Waals surface area (Å²) in [6, 6.07) is 5.02. The lowest BCUT2D eigenvalue weighted by Gasteiger charge is -2.25. The van der Waals surface area contributed by atoms with Crippen LogP contribution in [0.5, 0.6) is 0 Å². The van der Waals surface area contributed by atoms with Crippen molar-refractivity contribution in [1.29, 1.82) is 0 Å². The van der Waals surface area contributed by atoms with Gasteiger partial charge in [0.2, 0.25) is 0 Å². The molecule has 1 aromatic carbocycles. The highest BCUT2D eigenvalue weighted by molar-refractivity contribution is 5.92. The van der Waals surface area contributed by atoms with Crippen molar-refractivity contribution in [2.24, 2.45) is 0 Å². The number of aliphatic hydroxyl groups excluding tert-OH is 1. The number of aromatic nitrogens is 3. The van der Waals surface area contributed by atoms with Crippen LogP contribution in [0.4, 0.5) is 0 Å². The number of rotatable bonds is 2. The van der Waals surface area contributed by atoms with E-state index in [-0.39, 0.29) is 17.7 Å². The summed E-state index contributed by atoms with van der Waals surface area (Å²) in [5.41, 5.74) is 1.70. The molecule has 1 saturated carbocycles. The fourth-order valence-corrected chi connectivity index (χ4v) is 2.64. The van der Waals surface area contributed by atoms with Crippen molar-refractivity contribution in [1.82, 2.24) is 15.0 Å². The first-order valence-electron chi connectivity index (χ1n) is 6.41. The van der Waals surface area contributed by atoms with E-state index in [1.165, 1.54) is 6.07 Å². The number of aliphatic hydroxyl groups is 1. The van der Waals surface area contributed by atoms with E-state index in [2.05, 4.69) is 10.3 Å². The van der Waals surface area contributed by atoms with Crippen molar-refractivity contribution in [3.8, 4) is 0 Å². The van der Waals surface area contributed by atoms with Crippen molar-refractivity contribution >= 4 is 17.0 Å². The molecular weight excluding hydrogens is 246 g/mol. The highest BCUT2D eigenvalue weighted by Crippen LogP contribution is 2.30. The topological polar surface area (TPSA) is 88.2 Å². The zero-order chi connectivity index (χ0) is 13.4. The number of hydrogen-bond acceptors (Lipinski definition) is 4. The van der Waals surface area contributed by atoms with Crippen LogP contribution in [0.25, 0.3) is 11.0 Å². The van der Waals surface area contributed by atoms with Gasteiger partial charge in [-0.2, -0.15) is 0 Å². The maximum Gasteiger partial charge on any atom is 0.335 e. The second kappa shape index (κ2) is 4.62. The van der Waals surface area contributed by atoms with Crippen LogP contribution < -0.4 is 0 Å². The molecule has 0 unspecified atom stereocenters. The van der Waals surface area contributed by atoms with Gasteiger partial charge < -0.3 is 10.2 Å². The van der Waals surface area contributed by atoms with Crippen LogP contribution in [0.15, 0.2) is 18.2 Å². The fourth-order valence-electron chi connectivity index (χ4n) is 2.64. The Bertz CT molecular complexity index is 615.